The van der Waals surface area contributed by atoms with Gasteiger partial charge in [-0.1, -0.05) is 5.16 Å². The number of ether oxygens (including phenoxy) is 1. The van der Waals surface area contributed by atoms with Gasteiger partial charge in [0.05, 0.1) is 6.54 Å². The van der Waals surface area contributed by atoms with Crippen LogP contribution in [-0.2, 0) is 17.9 Å². The lowest BCUT2D eigenvalue weighted by Gasteiger charge is -2.33. The standard InChI is InChI=1S/C14H19N5O3S/c1-10-7-11(17-23-10)14(20)19-5-3-18(4-6-19)8-13-15-12(9-21-2)16-22-13/h7H,3-6,8-9H2,1-2H3. The first-order valence-corrected chi connectivity index (χ1v) is 8.18. The molecule has 1 fully saturated rings. The molecule has 23 heavy (non-hydrogen) atoms. The molecule has 8 nitrogen and oxygen atoms in total. The largest absolute Gasteiger partial charge is 0.377 e. The molecule has 1 amide bonds. The fourth-order valence-corrected chi connectivity index (χ4v) is 3.01. The van der Waals surface area contributed by atoms with Gasteiger partial charge in [-0.05, 0) is 24.5 Å². The monoisotopic (exact) mass is 337 g/mol. The third-order valence-corrected chi connectivity index (χ3v) is 4.34. The molecule has 1 aliphatic heterocycles. The highest BCUT2D eigenvalue weighted by Gasteiger charge is 2.24. The molecule has 0 bridgehead atoms. The Labute approximate surface area is 138 Å². The second-order valence-corrected chi connectivity index (χ2v) is 6.44. The molecule has 0 aliphatic carbocycles. The van der Waals surface area contributed by atoms with Crippen LogP contribution in [0.5, 0.6) is 0 Å². The number of aromatic nitrogens is 3. The van der Waals surface area contributed by atoms with Crippen molar-refractivity contribution in [3.05, 3.63) is 28.4 Å². The third kappa shape index (κ3) is 3.92. The number of hydrogen-bond donors (Lipinski definition) is 0. The van der Waals surface area contributed by atoms with Crippen LogP contribution in [0, 0.1) is 6.92 Å². The molecule has 0 aromatic carbocycles. The summed E-state index contributed by atoms with van der Waals surface area (Å²) in [6.45, 7) is 5.79. The molecule has 0 atom stereocenters. The molecule has 0 unspecified atom stereocenters. The fourth-order valence-electron chi connectivity index (χ4n) is 2.47. The average molecular weight is 337 g/mol. The van der Waals surface area contributed by atoms with Gasteiger partial charge in [-0.25, -0.2) is 0 Å². The zero-order valence-corrected chi connectivity index (χ0v) is 14.0. The van der Waals surface area contributed by atoms with Gasteiger partial charge in [0.15, 0.2) is 5.82 Å². The SMILES string of the molecule is COCc1noc(CN2CCN(C(=O)c3cc(C)sn3)CC2)n1. The molecule has 3 rings (SSSR count). The van der Waals surface area contributed by atoms with E-state index in [1.807, 2.05) is 17.9 Å². The van der Waals surface area contributed by atoms with E-state index in [0.717, 1.165) is 18.0 Å². The predicted molar refractivity (Wildman–Crippen MR) is 83.0 cm³/mol. The van der Waals surface area contributed by atoms with Gasteiger partial charge in [-0.2, -0.15) is 9.36 Å². The van der Waals surface area contributed by atoms with Gasteiger partial charge in [0.25, 0.3) is 5.91 Å². The van der Waals surface area contributed by atoms with Crippen molar-refractivity contribution in [3.8, 4) is 0 Å². The molecule has 2 aromatic heterocycles. The minimum absolute atomic E-state index is 0.00849. The van der Waals surface area contributed by atoms with Crippen LogP contribution in [0.25, 0.3) is 0 Å². The second-order valence-electron chi connectivity index (χ2n) is 5.43. The summed E-state index contributed by atoms with van der Waals surface area (Å²) in [5, 5.41) is 3.85. The van der Waals surface area contributed by atoms with Gasteiger partial charge in [-0.3, -0.25) is 9.69 Å². The maximum atomic E-state index is 12.4. The van der Waals surface area contributed by atoms with Gasteiger partial charge in [-0.15, -0.1) is 0 Å². The zero-order valence-electron chi connectivity index (χ0n) is 13.2. The van der Waals surface area contributed by atoms with Gasteiger partial charge in [0.1, 0.15) is 12.3 Å². The number of carbonyl (C=O) groups excluding carboxylic acids is 1. The lowest BCUT2D eigenvalue weighted by atomic mass is 10.2. The first kappa shape index (κ1) is 16.0. The number of rotatable bonds is 5. The molecule has 2 aromatic rings. The number of aryl methyl sites for hydroxylation is 1. The highest BCUT2D eigenvalue weighted by Crippen LogP contribution is 2.13. The lowest BCUT2D eigenvalue weighted by molar-refractivity contribution is 0.0610. The summed E-state index contributed by atoms with van der Waals surface area (Å²) in [5.74, 6) is 1.14. The van der Waals surface area contributed by atoms with Crippen molar-refractivity contribution in [2.45, 2.75) is 20.1 Å². The summed E-state index contributed by atoms with van der Waals surface area (Å²) < 4.78 is 14.4. The molecule has 0 radical (unpaired) electrons. The summed E-state index contributed by atoms with van der Waals surface area (Å²) in [6, 6.07) is 1.84. The molecular weight excluding hydrogens is 318 g/mol. The zero-order chi connectivity index (χ0) is 16.2. The van der Waals surface area contributed by atoms with Crippen molar-refractivity contribution in [2.24, 2.45) is 0 Å². The van der Waals surface area contributed by atoms with Crippen LogP contribution < -0.4 is 0 Å². The molecule has 1 aliphatic rings. The van der Waals surface area contributed by atoms with Crippen molar-refractivity contribution in [2.75, 3.05) is 33.3 Å². The van der Waals surface area contributed by atoms with E-state index in [2.05, 4.69) is 19.4 Å². The number of nitrogens with zero attached hydrogens (tertiary/aromatic N) is 5. The Hall–Kier alpha value is -1.84. The van der Waals surface area contributed by atoms with Gasteiger partial charge in [0, 0.05) is 38.2 Å². The van der Waals surface area contributed by atoms with Crippen molar-refractivity contribution < 1.29 is 14.1 Å². The Kier molecular flexibility index (Phi) is 4.99. The minimum Gasteiger partial charge on any atom is -0.377 e. The molecule has 0 N–H and O–H groups in total. The number of amides is 1. The van der Waals surface area contributed by atoms with Crippen LogP contribution in [0.2, 0.25) is 0 Å². The highest BCUT2D eigenvalue weighted by molar-refractivity contribution is 7.05. The van der Waals surface area contributed by atoms with Crippen molar-refractivity contribution in [3.63, 3.8) is 0 Å². The van der Waals surface area contributed by atoms with E-state index < -0.39 is 0 Å². The van der Waals surface area contributed by atoms with E-state index in [4.69, 9.17) is 9.26 Å². The Morgan fingerprint density at radius 3 is 2.83 bits per heavy atom. The topological polar surface area (TPSA) is 84.6 Å². The van der Waals surface area contributed by atoms with Crippen LogP contribution >= 0.6 is 11.5 Å². The van der Waals surface area contributed by atoms with Crippen LogP contribution in [0.15, 0.2) is 10.6 Å². The van der Waals surface area contributed by atoms with Crippen LogP contribution in [0.3, 0.4) is 0 Å². The molecular formula is C14H19N5O3S. The maximum absolute atomic E-state index is 12.4. The van der Waals surface area contributed by atoms with Gasteiger partial charge in [0.2, 0.25) is 5.89 Å². The summed E-state index contributed by atoms with van der Waals surface area (Å²) in [7, 11) is 1.59. The summed E-state index contributed by atoms with van der Waals surface area (Å²) in [6.07, 6.45) is 0. The second kappa shape index (κ2) is 7.16. The van der Waals surface area contributed by atoms with Crippen LogP contribution in [0.1, 0.15) is 27.1 Å². The predicted octanol–water partition coefficient (Wildman–Crippen LogP) is 0.939. The van der Waals surface area contributed by atoms with Crippen LogP contribution in [0.4, 0.5) is 0 Å². The van der Waals surface area contributed by atoms with Crippen molar-refractivity contribution in [1.29, 1.82) is 0 Å². The van der Waals surface area contributed by atoms with E-state index in [1.165, 1.54) is 11.5 Å². The number of methoxy groups -OCH3 is 1. The van der Waals surface area contributed by atoms with Gasteiger partial charge < -0.3 is 14.2 Å². The smallest absolute Gasteiger partial charge is 0.273 e. The van der Waals surface area contributed by atoms with Gasteiger partial charge >= 0.3 is 0 Å². The third-order valence-electron chi connectivity index (χ3n) is 3.65. The van der Waals surface area contributed by atoms with E-state index in [-0.39, 0.29) is 5.91 Å². The molecule has 9 heteroatoms. The molecule has 0 spiro atoms. The minimum atomic E-state index is 0.00849. The highest BCUT2D eigenvalue weighted by atomic mass is 32.1. The van der Waals surface area contributed by atoms with Crippen LogP contribution in [-0.4, -0.2) is 63.5 Å². The average Bonchev–Trinajstić information content (AvgIpc) is 3.17. The normalized spacial score (nSPS) is 16.0. The quantitative estimate of drug-likeness (QED) is 0.802. The molecule has 1 saturated heterocycles. The Morgan fingerprint density at radius 1 is 1.39 bits per heavy atom. The molecule has 3 heterocycles. The Balaban J connectivity index is 1.50. The fraction of sp³-hybridized carbons (Fsp3) is 0.571. The Bertz CT molecular complexity index is 663. The Morgan fingerprint density at radius 2 is 2.17 bits per heavy atom. The number of hydrogen-bond acceptors (Lipinski definition) is 8. The molecule has 124 valence electrons. The summed E-state index contributed by atoms with van der Waals surface area (Å²) >= 11 is 1.36. The van der Waals surface area contributed by atoms with Crippen molar-refractivity contribution >= 4 is 17.4 Å². The molecule has 0 saturated carbocycles. The lowest BCUT2D eigenvalue weighted by Crippen LogP contribution is -2.48. The first-order chi connectivity index (χ1) is 11.2. The first-order valence-electron chi connectivity index (χ1n) is 7.41. The van der Waals surface area contributed by atoms with E-state index in [0.29, 0.717) is 43.7 Å². The number of piperazine rings is 1. The van der Waals surface area contributed by atoms with E-state index >= 15 is 0 Å². The van der Waals surface area contributed by atoms with E-state index in [1.54, 1.807) is 7.11 Å². The van der Waals surface area contributed by atoms with Crippen molar-refractivity contribution in [1.82, 2.24) is 24.3 Å². The maximum Gasteiger partial charge on any atom is 0.273 e. The summed E-state index contributed by atoms with van der Waals surface area (Å²) in [5.41, 5.74) is 0.544. The summed E-state index contributed by atoms with van der Waals surface area (Å²) in [4.78, 5) is 21.7. The van der Waals surface area contributed by atoms with E-state index in [9.17, 15) is 4.79 Å². The number of carbonyl (C=O) groups is 1.